The maximum absolute atomic E-state index is 15.1. The zero-order valence-corrected chi connectivity index (χ0v) is 64.5. The summed E-state index contributed by atoms with van der Waals surface area (Å²) in [5, 5.41) is 73.4. The molecule has 114 heavy (non-hydrogen) atoms. The van der Waals surface area contributed by atoms with E-state index in [1.165, 1.54) is 0 Å². The average molecular weight is 1600 g/mol. The van der Waals surface area contributed by atoms with Crippen molar-refractivity contribution in [3.05, 3.63) is 108 Å². The van der Waals surface area contributed by atoms with Gasteiger partial charge in [0, 0.05) is 78.8 Å². The SMILES string of the molecule is CC(C)[C@@H]1NC(=O)[C@H](Cc2c[nH]c3ccccc23)NC(=O)[C@H](CCCNC(=N)N)NC(=O)[C@H](C(C)C)NC(=O)[C@H](Cc2c[nH]c3ccccc23)NC(=O)[C@H](CC(N)=O)NC(=O)[C@H](CCCNC(=N)N)NC(=O)CNC(=O)[C@H](CO)NC(=O)[C@H](CCCNC(=N)N)NC(=O)[C@@H](Cc2ccccc2)NC(=O)CSC[C@@H](C(N)=O)NC1=O. The van der Waals surface area contributed by atoms with Crippen LogP contribution in [0.25, 0.3) is 21.8 Å². The number of guanidine groups is 3. The topological polar surface area (TPSA) is 673 Å². The number of amides is 14. The average Bonchev–Trinajstić information content (AvgIpc) is 1.64. The van der Waals surface area contributed by atoms with Crippen molar-refractivity contribution >= 4 is 134 Å². The van der Waals surface area contributed by atoms with Crippen LogP contribution in [0, 0.1) is 28.1 Å². The highest BCUT2D eigenvalue weighted by atomic mass is 32.2. The van der Waals surface area contributed by atoms with Crippen LogP contribution in [0.5, 0.6) is 0 Å². The molecule has 1 saturated heterocycles. The summed E-state index contributed by atoms with van der Waals surface area (Å²) in [6.45, 7) is 4.28. The molecule has 3 heterocycles. The first kappa shape index (κ1) is 90.3. The van der Waals surface area contributed by atoms with Crippen molar-refractivity contribution in [2.24, 2.45) is 40.5 Å². The van der Waals surface area contributed by atoms with Gasteiger partial charge in [0.2, 0.25) is 82.7 Å². The van der Waals surface area contributed by atoms with Crippen LogP contribution in [-0.4, -0.2) is 226 Å². The predicted octanol–water partition coefficient (Wildman–Crippen LogP) is -5.67. The summed E-state index contributed by atoms with van der Waals surface area (Å²) in [5.41, 5.74) is 31.0. The highest BCUT2D eigenvalue weighted by Gasteiger charge is 2.38. The van der Waals surface area contributed by atoms with E-state index < -0.39 is 204 Å². The molecule has 1 aliphatic heterocycles. The first-order valence-corrected chi connectivity index (χ1v) is 38.1. The van der Waals surface area contributed by atoms with Gasteiger partial charge in [-0.1, -0.05) is 94.4 Å². The fourth-order valence-electron chi connectivity index (χ4n) is 12.2. The Morgan fingerprint density at radius 1 is 0.447 bits per heavy atom. The van der Waals surface area contributed by atoms with Crippen molar-refractivity contribution in [2.45, 2.75) is 158 Å². The summed E-state index contributed by atoms with van der Waals surface area (Å²) in [7, 11) is 0. The Morgan fingerprint density at radius 3 is 1.27 bits per heavy atom. The molecule has 41 heteroatoms. The van der Waals surface area contributed by atoms with E-state index in [1.54, 1.807) is 119 Å². The van der Waals surface area contributed by atoms with Crippen LogP contribution >= 0.6 is 11.8 Å². The van der Waals surface area contributed by atoms with Crippen molar-refractivity contribution in [1.29, 1.82) is 16.2 Å². The maximum atomic E-state index is 15.1. The van der Waals surface area contributed by atoms with E-state index in [1.807, 2.05) is 0 Å². The number of aromatic amines is 2. The van der Waals surface area contributed by atoms with Gasteiger partial charge in [0.1, 0.15) is 66.5 Å². The number of aromatic nitrogens is 2. The summed E-state index contributed by atoms with van der Waals surface area (Å²) in [4.78, 5) is 207. The molecule has 0 aliphatic carbocycles. The Kier molecular flexibility index (Phi) is 35.7. The Balaban J connectivity index is 1.42. The second-order valence-electron chi connectivity index (χ2n) is 27.9. The van der Waals surface area contributed by atoms with E-state index in [0.29, 0.717) is 38.5 Å². The minimum absolute atomic E-state index is 0.00129. The fraction of sp³-hybridized carbons (Fsp3) is 0.466. The summed E-state index contributed by atoms with van der Waals surface area (Å²) in [5.74, 6) is -17.7. The molecular weight excluding hydrogens is 1500 g/mol. The normalized spacial score (nSPS) is 22.5. The van der Waals surface area contributed by atoms with Gasteiger partial charge < -0.3 is 123 Å². The number of aliphatic hydroxyl groups is 1. The molecule has 1 aliphatic rings. The minimum Gasteiger partial charge on any atom is -0.394 e. The van der Waals surface area contributed by atoms with Crippen LogP contribution in [0.15, 0.2) is 91.3 Å². The van der Waals surface area contributed by atoms with Gasteiger partial charge in [-0.2, -0.15) is 0 Å². The Labute approximate surface area is 660 Å². The summed E-state index contributed by atoms with van der Waals surface area (Å²) in [6.07, 6.45) is 1.02. The van der Waals surface area contributed by atoms with Gasteiger partial charge >= 0.3 is 0 Å². The Bertz CT molecular complexity index is 4250. The fourth-order valence-corrected chi connectivity index (χ4v) is 13.1. The van der Waals surface area contributed by atoms with Crippen LogP contribution in [0.2, 0.25) is 0 Å². The smallest absolute Gasteiger partial charge is 0.245 e. The van der Waals surface area contributed by atoms with Crippen molar-refractivity contribution in [3.63, 3.8) is 0 Å². The third kappa shape index (κ3) is 29.3. The van der Waals surface area contributed by atoms with Crippen LogP contribution in [0.1, 0.15) is 89.3 Å². The molecule has 2 aromatic heterocycles. The number of fused-ring (bicyclic) bond motifs is 2. The van der Waals surface area contributed by atoms with E-state index >= 15 is 14.4 Å². The molecule has 618 valence electrons. The molecular formula is C73H105N25O15S. The number of primary amides is 2. The van der Waals surface area contributed by atoms with E-state index in [4.69, 9.17) is 44.9 Å². The third-order valence-corrected chi connectivity index (χ3v) is 19.3. The van der Waals surface area contributed by atoms with E-state index in [-0.39, 0.29) is 83.2 Å². The third-order valence-electron chi connectivity index (χ3n) is 18.2. The molecule has 1 fully saturated rings. The maximum Gasteiger partial charge on any atom is 0.245 e. The zero-order valence-electron chi connectivity index (χ0n) is 63.6. The quantitative estimate of drug-likeness (QED) is 0.0156. The number of thioether (sulfide) groups is 1. The van der Waals surface area contributed by atoms with E-state index in [9.17, 15) is 57.8 Å². The molecule has 0 saturated carbocycles. The van der Waals surface area contributed by atoms with Crippen LogP contribution < -0.4 is 108 Å². The number of hydrogen-bond acceptors (Lipinski definition) is 19. The molecule has 0 unspecified atom stereocenters. The number of benzene rings is 3. The van der Waals surface area contributed by atoms with Crippen LogP contribution in [0.4, 0.5) is 0 Å². The Hall–Kier alpha value is -12.6. The van der Waals surface area contributed by atoms with Gasteiger partial charge in [-0.05, 0) is 79.2 Å². The number of carbonyl (C=O) groups is 14. The number of nitrogens with two attached hydrogens (primary N) is 5. The molecule has 31 N–H and O–H groups in total. The summed E-state index contributed by atoms with van der Waals surface area (Å²) < 4.78 is 0. The van der Waals surface area contributed by atoms with Crippen LogP contribution in [0.3, 0.4) is 0 Å². The lowest BCUT2D eigenvalue weighted by Crippen LogP contribution is -2.62. The highest BCUT2D eigenvalue weighted by Crippen LogP contribution is 2.22. The second-order valence-corrected chi connectivity index (χ2v) is 28.9. The van der Waals surface area contributed by atoms with Crippen molar-refractivity contribution in [1.82, 2.24) is 89.7 Å². The summed E-state index contributed by atoms with van der Waals surface area (Å²) >= 11 is 0.824. The lowest BCUT2D eigenvalue weighted by molar-refractivity contribution is -0.137. The molecule has 11 atom stereocenters. The highest BCUT2D eigenvalue weighted by molar-refractivity contribution is 8.00. The number of rotatable bonds is 24. The number of carbonyl (C=O) groups excluding carboxylic acids is 14. The lowest BCUT2D eigenvalue weighted by Gasteiger charge is -2.29. The first-order valence-electron chi connectivity index (χ1n) is 37.0. The number of hydrogen-bond donors (Lipinski definition) is 26. The zero-order chi connectivity index (χ0) is 83.7. The van der Waals surface area contributed by atoms with E-state index in [0.717, 1.165) is 11.8 Å². The number of H-pyrrole nitrogens is 2. The molecule has 6 rings (SSSR count). The first-order chi connectivity index (χ1) is 54.2. The van der Waals surface area contributed by atoms with Crippen LogP contribution in [-0.2, 0) is 86.4 Å². The second kappa shape index (κ2) is 45.1. The van der Waals surface area contributed by atoms with Gasteiger partial charge in [-0.3, -0.25) is 83.4 Å². The number of para-hydroxylation sites is 2. The molecule has 0 bridgehead atoms. The lowest BCUT2D eigenvalue weighted by atomic mass is 9.99. The molecule has 14 amide bonds. The molecule has 3 aromatic carbocycles. The van der Waals surface area contributed by atoms with Gasteiger partial charge in [-0.25, -0.2) is 0 Å². The predicted molar refractivity (Wildman–Crippen MR) is 423 cm³/mol. The monoisotopic (exact) mass is 1600 g/mol. The Morgan fingerprint density at radius 2 is 0.825 bits per heavy atom. The number of nitrogens with one attached hydrogen (secondary N) is 20. The van der Waals surface area contributed by atoms with E-state index in [2.05, 4.69) is 89.7 Å². The molecule has 0 radical (unpaired) electrons. The van der Waals surface area contributed by atoms with Crippen molar-refractivity contribution in [3.8, 4) is 0 Å². The minimum atomic E-state index is -1.90. The van der Waals surface area contributed by atoms with Crippen molar-refractivity contribution in [2.75, 3.05) is 44.3 Å². The van der Waals surface area contributed by atoms with Gasteiger partial charge in [0.25, 0.3) is 0 Å². The van der Waals surface area contributed by atoms with Gasteiger partial charge in [-0.15, -0.1) is 11.8 Å². The molecule has 5 aromatic rings. The largest absolute Gasteiger partial charge is 0.394 e. The standard InChI is InChI=1S/C73H105N25O15S/c1-37(2)58-69(112)91-48(23-14-26-84-73(80)81)63(106)92-50(28-40-31-85-44-19-10-8-17-42(40)44)67(110)98-59(38(3)4)70(113)96-54(60(75)103)35-114-36-57(102)89-49(27-39-15-6-5-7-16-39)65(108)90-47(22-13-25-83-72(78)79)64(107)95-53(34-99)61(104)87-33-56(101)88-46(21-12-24-82-71(76)77)62(105)94-52(30-55(74)100)66(109)93-51(68(111)97-58)29-41-32-86-45-20-11-9-18-43(41)45/h5-11,15-20,31-32,37-38,46-54,58-59,85-86,99H,12-14,21-30,33-36H2,1-4H3,(H2,74,100)(H2,75,103)(H,87,104)(H,88,101)(H,89,102)(H,90,108)(H,91,112)(H,92,106)(H,93,109)(H,94,105)(H,95,107)(H,96,113)(H,97,111)(H,98,110)(H4,76,77,82)(H4,78,79,83)(H4,80,81,84)/t46-,47-,48-,49+,50-,51-,52-,53-,54-,58-,59-/m0/s1. The number of aliphatic hydroxyl groups excluding tert-OH is 1. The van der Waals surface area contributed by atoms with Crippen molar-refractivity contribution < 1.29 is 72.2 Å². The molecule has 40 nitrogen and oxygen atoms in total. The van der Waals surface area contributed by atoms with Gasteiger partial charge in [0.15, 0.2) is 17.9 Å². The summed E-state index contributed by atoms with van der Waals surface area (Å²) in [6, 6.07) is 4.90. The molecule has 0 spiro atoms. The van der Waals surface area contributed by atoms with Gasteiger partial charge in [0.05, 0.1) is 25.3 Å².